The topological polar surface area (TPSA) is 128 Å². The lowest BCUT2D eigenvalue weighted by Gasteiger charge is -2.44. The molecule has 0 aromatic rings. The first-order valence-corrected chi connectivity index (χ1v) is 8.60. The summed E-state index contributed by atoms with van der Waals surface area (Å²) in [6, 6.07) is -0.443. The summed E-state index contributed by atoms with van der Waals surface area (Å²) in [6.07, 6.45) is 1.10. The summed E-state index contributed by atoms with van der Waals surface area (Å²) in [7, 11) is 0. The highest BCUT2D eigenvalue weighted by Gasteiger charge is 2.44. The van der Waals surface area contributed by atoms with Gasteiger partial charge in [0.25, 0.3) is 0 Å². The molecule has 0 aliphatic heterocycles. The Morgan fingerprint density at radius 2 is 1.86 bits per heavy atom. The first kappa shape index (κ1) is 19.8. The van der Waals surface area contributed by atoms with Crippen molar-refractivity contribution in [2.45, 2.75) is 83.0 Å². The van der Waals surface area contributed by atoms with Gasteiger partial charge in [-0.2, -0.15) is 0 Å². The molecule has 1 aliphatic carbocycles. The molecule has 0 bridgehead atoms. The van der Waals surface area contributed by atoms with E-state index in [2.05, 4.69) is 6.92 Å². The summed E-state index contributed by atoms with van der Waals surface area (Å²) in [5.41, 5.74) is 17.9. The van der Waals surface area contributed by atoms with E-state index in [9.17, 15) is 10.2 Å². The number of hydrogen-bond acceptors (Lipinski definition) is 6. The highest BCUT2D eigenvalue weighted by molar-refractivity contribution is 4.96. The smallest absolute Gasteiger partial charge is 0.0953 e. The van der Waals surface area contributed by atoms with E-state index in [-0.39, 0.29) is 30.1 Å². The van der Waals surface area contributed by atoms with Crippen molar-refractivity contribution in [3.63, 3.8) is 0 Å². The maximum absolute atomic E-state index is 10.4. The summed E-state index contributed by atoms with van der Waals surface area (Å²) in [6.45, 7) is 6.46. The second kappa shape index (κ2) is 9.15. The Hall–Kier alpha value is -0.240. The molecular formula is C16H35N3O3. The molecule has 1 aliphatic rings. The molecule has 0 saturated heterocycles. The fraction of sp³-hybridized carbons (Fsp3) is 1.00. The van der Waals surface area contributed by atoms with Gasteiger partial charge in [0.1, 0.15) is 0 Å². The van der Waals surface area contributed by atoms with Crippen LogP contribution < -0.4 is 17.2 Å². The van der Waals surface area contributed by atoms with E-state index in [0.717, 1.165) is 19.3 Å². The average Bonchev–Trinajstić information content (AvgIpc) is 2.50. The maximum Gasteiger partial charge on any atom is 0.0953 e. The second-order valence-electron chi connectivity index (χ2n) is 6.74. The van der Waals surface area contributed by atoms with Crippen molar-refractivity contribution in [1.29, 1.82) is 0 Å². The normalized spacial score (nSPS) is 36.8. The largest absolute Gasteiger partial charge is 0.390 e. The van der Waals surface area contributed by atoms with Gasteiger partial charge in [-0.15, -0.1) is 0 Å². The zero-order valence-electron chi connectivity index (χ0n) is 14.2. The van der Waals surface area contributed by atoms with Crippen molar-refractivity contribution in [1.82, 2.24) is 0 Å². The minimum absolute atomic E-state index is 0.0442. The minimum atomic E-state index is -0.927. The maximum atomic E-state index is 10.4. The number of rotatable bonds is 8. The van der Waals surface area contributed by atoms with Crippen molar-refractivity contribution in [2.24, 2.45) is 29.0 Å². The molecule has 0 amide bonds. The van der Waals surface area contributed by atoms with Crippen molar-refractivity contribution in [3.8, 4) is 0 Å². The second-order valence-corrected chi connectivity index (χ2v) is 6.74. The summed E-state index contributed by atoms with van der Waals surface area (Å²) in [5.74, 6) is -0.0784. The van der Waals surface area contributed by atoms with Gasteiger partial charge in [-0.1, -0.05) is 27.2 Å². The van der Waals surface area contributed by atoms with Crippen LogP contribution in [0.5, 0.6) is 0 Å². The molecule has 6 heteroatoms. The molecule has 0 spiro atoms. The van der Waals surface area contributed by atoms with Gasteiger partial charge in [-0.25, -0.2) is 0 Å². The summed E-state index contributed by atoms with van der Waals surface area (Å²) < 4.78 is 6.19. The van der Waals surface area contributed by atoms with Gasteiger partial charge < -0.3 is 32.2 Å². The summed E-state index contributed by atoms with van der Waals surface area (Å²) in [5, 5.41) is 20.5. The molecule has 22 heavy (non-hydrogen) atoms. The van der Waals surface area contributed by atoms with Crippen molar-refractivity contribution < 1.29 is 14.9 Å². The van der Waals surface area contributed by atoms with E-state index in [1.807, 2.05) is 13.8 Å². The SMILES string of the molecule is CCC[C@H](O[C@@H](CN)C1[C@@H](C)C[C@@H](N)[C@H](O)[C@H]1O)[C@@H](N)CC. The Bertz CT molecular complexity index is 319. The lowest BCUT2D eigenvalue weighted by Crippen LogP contribution is -2.58. The predicted octanol–water partition coefficient (Wildman–Crippen LogP) is -0.0586. The minimum Gasteiger partial charge on any atom is -0.390 e. The molecule has 1 saturated carbocycles. The number of hydrogen-bond donors (Lipinski definition) is 5. The van der Waals surface area contributed by atoms with Crippen LogP contribution in [0.25, 0.3) is 0 Å². The van der Waals surface area contributed by atoms with Gasteiger partial charge in [0.15, 0.2) is 0 Å². The number of nitrogens with two attached hydrogens (primary N) is 3. The third-order valence-electron chi connectivity index (χ3n) is 5.02. The standard InChI is InChI=1S/C16H35N3O3/c1-4-6-12(10(18)5-2)22-13(8-17)14-9(3)7-11(19)15(20)16(14)21/h9-16,20-21H,4-8,17-19H2,1-3H3/t9-,10-,11+,12-,13-,14?,15-,16-/m0/s1. The van der Waals surface area contributed by atoms with Crippen LogP contribution in [0.1, 0.15) is 46.5 Å². The Balaban J connectivity index is 2.84. The van der Waals surface area contributed by atoms with Gasteiger partial charge in [0.05, 0.1) is 24.4 Å². The molecule has 6 nitrogen and oxygen atoms in total. The van der Waals surface area contributed by atoms with E-state index >= 15 is 0 Å². The molecule has 1 fully saturated rings. The molecule has 8 atom stereocenters. The summed E-state index contributed by atoms with van der Waals surface area (Å²) in [4.78, 5) is 0. The van der Waals surface area contributed by atoms with E-state index < -0.39 is 18.2 Å². The molecule has 132 valence electrons. The third-order valence-corrected chi connectivity index (χ3v) is 5.02. The van der Waals surface area contributed by atoms with Gasteiger partial charge >= 0.3 is 0 Å². The number of aliphatic hydroxyl groups excluding tert-OH is 2. The zero-order valence-corrected chi connectivity index (χ0v) is 14.2. The third kappa shape index (κ3) is 4.63. The lowest BCUT2D eigenvalue weighted by atomic mass is 9.72. The van der Waals surface area contributed by atoms with E-state index in [1.165, 1.54) is 0 Å². The number of aliphatic hydroxyl groups is 2. The van der Waals surface area contributed by atoms with Gasteiger partial charge in [-0.3, -0.25) is 0 Å². The van der Waals surface area contributed by atoms with Gasteiger partial charge in [0, 0.05) is 24.5 Å². The predicted molar refractivity (Wildman–Crippen MR) is 88.1 cm³/mol. The van der Waals surface area contributed by atoms with Crippen LogP contribution in [0.15, 0.2) is 0 Å². The number of ether oxygens (including phenoxy) is 1. The van der Waals surface area contributed by atoms with Crippen LogP contribution in [-0.2, 0) is 4.74 Å². The van der Waals surface area contributed by atoms with E-state index in [1.54, 1.807) is 0 Å². The molecule has 0 aromatic heterocycles. The van der Waals surface area contributed by atoms with Crippen LogP contribution in [0.3, 0.4) is 0 Å². The van der Waals surface area contributed by atoms with Crippen LogP contribution >= 0.6 is 0 Å². The van der Waals surface area contributed by atoms with Crippen LogP contribution in [0, 0.1) is 11.8 Å². The fourth-order valence-corrected chi connectivity index (χ4v) is 3.59. The Kier molecular flexibility index (Phi) is 8.24. The quantitative estimate of drug-likeness (QED) is 0.427. The first-order chi connectivity index (χ1) is 10.4. The Morgan fingerprint density at radius 3 is 2.36 bits per heavy atom. The van der Waals surface area contributed by atoms with Crippen LogP contribution in [-0.4, -0.2) is 53.3 Å². The highest BCUT2D eigenvalue weighted by Crippen LogP contribution is 2.34. The van der Waals surface area contributed by atoms with Crippen LogP contribution in [0.4, 0.5) is 0 Å². The van der Waals surface area contributed by atoms with Crippen molar-refractivity contribution in [2.75, 3.05) is 6.54 Å². The zero-order chi connectivity index (χ0) is 16.9. The molecular weight excluding hydrogens is 282 g/mol. The Labute approximate surface area is 134 Å². The Morgan fingerprint density at radius 1 is 1.23 bits per heavy atom. The monoisotopic (exact) mass is 317 g/mol. The molecule has 1 unspecified atom stereocenters. The van der Waals surface area contributed by atoms with Crippen molar-refractivity contribution >= 4 is 0 Å². The highest BCUT2D eigenvalue weighted by atomic mass is 16.5. The summed E-state index contributed by atoms with van der Waals surface area (Å²) >= 11 is 0. The molecule has 1 rings (SSSR count). The molecule has 0 aromatic carbocycles. The average molecular weight is 317 g/mol. The lowest BCUT2D eigenvalue weighted by molar-refractivity contribution is -0.143. The van der Waals surface area contributed by atoms with Gasteiger partial charge in [0.2, 0.25) is 0 Å². The van der Waals surface area contributed by atoms with E-state index in [4.69, 9.17) is 21.9 Å². The van der Waals surface area contributed by atoms with Gasteiger partial charge in [-0.05, 0) is 25.2 Å². The molecule has 0 heterocycles. The van der Waals surface area contributed by atoms with Crippen molar-refractivity contribution in [3.05, 3.63) is 0 Å². The fourth-order valence-electron chi connectivity index (χ4n) is 3.59. The van der Waals surface area contributed by atoms with E-state index in [0.29, 0.717) is 13.0 Å². The molecule has 0 radical (unpaired) electrons. The molecule has 8 N–H and O–H groups in total. The van der Waals surface area contributed by atoms with Crippen LogP contribution in [0.2, 0.25) is 0 Å². The first-order valence-electron chi connectivity index (χ1n) is 8.60.